The molecule has 0 saturated heterocycles. The van der Waals surface area contributed by atoms with Crippen molar-refractivity contribution in [1.29, 1.82) is 0 Å². The highest BCUT2D eigenvalue weighted by Gasteiger charge is 2.29. The molecule has 0 heterocycles. The lowest BCUT2D eigenvalue weighted by Gasteiger charge is -2.27. The minimum atomic E-state index is -3.96. The van der Waals surface area contributed by atoms with Crippen molar-refractivity contribution in [3.05, 3.63) is 88.5 Å². The van der Waals surface area contributed by atoms with Gasteiger partial charge in [-0.3, -0.25) is 9.10 Å². The number of benzene rings is 3. The van der Waals surface area contributed by atoms with E-state index in [0.717, 1.165) is 46.3 Å². The Bertz CT molecular complexity index is 1230. The normalized spacial score (nSPS) is 11.3. The van der Waals surface area contributed by atoms with Gasteiger partial charge in [0.2, 0.25) is 5.91 Å². The van der Waals surface area contributed by atoms with Gasteiger partial charge >= 0.3 is 0 Å². The van der Waals surface area contributed by atoms with Gasteiger partial charge < -0.3 is 5.32 Å². The van der Waals surface area contributed by atoms with Crippen LogP contribution in [0.5, 0.6) is 0 Å². The van der Waals surface area contributed by atoms with Gasteiger partial charge in [-0.25, -0.2) is 8.42 Å². The first-order valence-corrected chi connectivity index (χ1v) is 12.7. The molecule has 0 aromatic heterocycles. The van der Waals surface area contributed by atoms with E-state index in [-0.39, 0.29) is 17.3 Å². The molecule has 0 atom stereocenters. The number of rotatable bonds is 8. The van der Waals surface area contributed by atoms with Gasteiger partial charge in [-0.2, -0.15) is 0 Å². The maximum atomic E-state index is 13.7. The Morgan fingerprint density at radius 3 is 2.00 bits per heavy atom. The highest BCUT2D eigenvalue weighted by Crippen LogP contribution is 2.29. The highest BCUT2D eigenvalue weighted by atomic mass is 32.2. The molecule has 0 aliphatic carbocycles. The molecule has 3 rings (SSSR count). The van der Waals surface area contributed by atoms with Gasteiger partial charge in [0.25, 0.3) is 10.0 Å². The maximum absolute atomic E-state index is 13.7. The standard InChI is InChI=1S/C27H32N2O3S/c1-6-22-11-9-12-23(7-2)27(22)28-26(30)18-29(25-13-8-10-20(4)21(25)5)33(31,32)24-16-14-19(3)15-17-24/h8-17H,6-7,18H2,1-5H3,(H,28,30). The van der Waals surface area contributed by atoms with Crippen LogP contribution in [-0.2, 0) is 27.7 Å². The SMILES string of the molecule is CCc1cccc(CC)c1NC(=O)CN(c1cccc(C)c1C)S(=O)(=O)c1ccc(C)cc1. The van der Waals surface area contributed by atoms with Crippen LogP contribution in [0.3, 0.4) is 0 Å². The van der Waals surface area contributed by atoms with E-state index in [0.29, 0.717) is 5.69 Å². The number of carbonyl (C=O) groups excluding carboxylic acids is 1. The molecular weight excluding hydrogens is 432 g/mol. The number of hydrogen-bond donors (Lipinski definition) is 1. The first-order valence-electron chi connectivity index (χ1n) is 11.2. The summed E-state index contributed by atoms with van der Waals surface area (Å²) in [6.07, 6.45) is 1.54. The summed E-state index contributed by atoms with van der Waals surface area (Å²) in [7, 11) is -3.96. The maximum Gasteiger partial charge on any atom is 0.264 e. The van der Waals surface area contributed by atoms with E-state index in [1.807, 2.05) is 65.0 Å². The first-order chi connectivity index (χ1) is 15.7. The average molecular weight is 465 g/mol. The number of nitrogens with one attached hydrogen (secondary N) is 1. The third-order valence-electron chi connectivity index (χ3n) is 6.00. The molecule has 0 aliphatic heterocycles. The molecule has 174 valence electrons. The fourth-order valence-corrected chi connectivity index (χ4v) is 5.33. The molecule has 0 spiro atoms. The summed E-state index contributed by atoms with van der Waals surface area (Å²) in [5, 5.41) is 3.00. The molecular formula is C27H32N2O3S. The lowest BCUT2D eigenvalue weighted by atomic mass is 10.0. The second-order valence-electron chi connectivity index (χ2n) is 8.25. The number of hydrogen-bond acceptors (Lipinski definition) is 3. The number of amides is 1. The Morgan fingerprint density at radius 2 is 1.42 bits per heavy atom. The Kier molecular flexibility index (Phi) is 7.59. The van der Waals surface area contributed by atoms with Crippen LogP contribution < -0.4 is 9.62 Å². The minimum absolute atomic E-state index is 0.157. The molecule has 0 fully saturated rings. The number of anilines is 2. The van der Waals surface area contributed by atoms with Crippen molar-refractivity contribution < 1.29 is 13.2 Å². The Morgan fingerprint density at radius 1 is 0.848 bits per heavy atom. The van der Waals surface area contributed by atoms with Crippen LogP contribution in [0, 0.1) is 20.8 Å². The number of nitrogens with zero attached hydrogens (tertiary/aromatic N) is 1. The van der Waals surface area contributed by atoms with Crippen LogP contribution in [0.4, 0.5) is 11.4 Å². The Hall–Kier alpha value is -3.12. The zero-order valence-electron chi connectivity index (χ0n) is 20.0. The van der Waals surface area contributed by atoms with Crippen LogP contribution in [-0.4, -0.2) is 20.9 Å². The van der Waals surface area contributed by atoms with Crippen LogP contribution in [0.1, 0.15) is 41.7 Å². The summed E-state index contributed by atoms with van der Waals surface area (Å²) in [5.41, 5.74) is 6.09. The molecule has 6 heteroatoms. The monoisotopic (exact) mass is 464 g/mol. The second kappa shape index (κ2) is 10.2. The van der Waals surface area contributed by atoms with Crippen LogP contribution in [0.2, 0.25) is 0 Å². The van der Waals surface area contributed by atoms with Crippen molar-refractivity contribution in [2.75, 3.05) is 16.2 Å². The van der Waals surface area contributed by atoms with Crippen molar-refractivity contribution in [3.8, 4) is 0 Å². The molecule has 0 unspecified atom stereocenters. The van der Waals surface area contributed by atoms with Gasteiger partial charge in [0.15, 0.2) is 0 Å². The van der Waals surface area contributed by atoms with Crippen molar-refractivity contribution in [1.82, 2.24) is 0 Å². The number of para-hydroxylation sites is 1. The summed E-state index contributed by atoms with van der Waals surface area (Å²) in [6.45, 7) is 9.47. The Labute approximate surface area is 197 Å². The van der Waals surface area contributed by atoms with Crippen molar-refractivity contribution in [2.45, 2.75) is 52.4 Å². The molecule has 1 amide bonds. The molecule has 1 N–H and O–H groups in total. The fourth-order valence-electron chi connectivity index (χ4n) is 3.86. The highest BCUT2D eigenvalue weighted by molar-refractivity contribution is 7.92. The summed E-state index contributed by atoms with van der Waals surface area (Å²) in [5.74, 6) is -0.373. The molecule has 0 radical (unpaired) electrons. The van der Waals surface area contributed by atoms with Gasteiger partial charge in [0.05, 0.1) is 10.6 Å². The minimum Gasteiger partial charge on any atom is -0.324 e. The van der Waals surface area contributed by atoms with Crippen LogP contribution in [0.25, 0.3) is 0 Å². The number of sulfonamides is 1. The van der Waals surface area contributed by atoms with Gasteiger partial charge in [-0.15, -0.1) is 0 Å². The van der Waals surface area contributed by atoms with Crippen LogP contribution >= 0.6 is 0 Å². The molecule has 3 aromatic rings. The third-order valence-corrected chi connectivity index (χ3v) is 7.78. The molecule has 0 aliphatic rings. The summed E-state index contributed by atoms with van der Waals surface area (Å²) >= 11 is 0. The topological polar surface area (TPSA) is 66.5 Å². The Balaban J connectivity index is 2.04. The largest absolute Gasteiger partial charge is 0.324 e. The summed E-state index contributed by atoms with van der Waals surface area (Å²) < 4.78 is 28.6. The average Bonchev–Trinajstić information content (AvgIpc) is 2.80. The lowest BCUT2D eigenvalue weighted by molar-refractivity contribution is -0.114. The van der Waals surface area contributed by atoms with E-state index in [4.69, 9.17) is 0 Å². The molecule has 33 heavy (non-hydrogen) atoms. The van der Waals surface area contributed by atoms with Crippen molar-refractivity contribution in [3.63, 3.8) is 0 Å². The van der Waals surface area contributed by atoms with Crippen molar-refractivity contribution in [2.24, 2.45) is 0 Å². The van der Waals surface area contributed by atoms with E-state index in [2.05, 4.69) is 5.32 Å². The van der Waals surface area contributed by atoms with Gasteiger partial charge in [-0.05, 0) is 74.1 Å². The summed E-state index contributed by atoms with van der Waals surface area (Å²) in [6, 6.07) is 18.1. The number of aryl methyl sites for hydroxylation is 4. The third kappa shape index (κ3) is 5.28. The zero-order chi connectivity index (χ0) is 24.2. The first kappa shape index (κ1) is 24.5. The second-order valence-corrected chi connectivity index (χ2v) is 10.1. The quantitative estimate of drug-likeness (QED) is 0.474. The molecule has 0 bridgehead atoms. The van der Waals surface area contributed by atoms with E-state index in [1.54, 1.807) is 30.3 Å². The smallest absolute Gasteiger partial charge is 0.264 e. The molecule has 0 saturated carbocycles. The van der Waals surface area contributed by atoms with Gasteiger partial charge in [-0.1, -0.05) is 61.9 Å². The lowest BCUT2D eigenvalue weighted by Crippen LogP contribution is -2.39. The van der Waals surface area contributed by atoms with E-state index < -0.39 is 10.0 Å². The van der Waals surface area contributed by atoms with Gasteiger partial charge in [0.1, 0.15) is 6.54 Å². The summed E-state index contributed by atoms with van der Waals surface area (Å²) in [4.78, 5) is 13.4. The fraction of sp³-hybridized carbons (Fsp3) is 0.296. The van der Waals surface area contributed by atoms with E-state index in [9.17, 15) is 13.2 Å². The van der Waals surface area contributed by atoms with E-state index >= 15 is 0 Å². The molecule has 5 nitrogen and oxygen atoms in total. The van der Waals surface area contributed by atoms with E-state index in [1.165, 1.54) is 4.31 Å². The van der Waals surface area contributed by atoms with Crippen molar-refractivity contribution >= 4 is 27.3 Å². The predicted octanol–water partition coefficient (Wildman–Crippen LogP) is 5.57. The van der Waals surface area contributed by atoms with Gasteiger partial charge in [0, 0.05) is 5.69 Å². The van der Waals surface area contributed by atoms with Crippen LogP contribution in [0.15, 0.2) is 65.6 Å². The molecule has 3 aromatic carbocycles. The predicted molar refractivity (Wildman–Crippen MR) is 135 cm³/mol. The number of carbonyl (C=O) groups is 1. The zero-order valence-corrected chi connectivity index (χ0v) is 20.8.